The first-order chi connectivity index (χ1) is 9.53. The number of rotatable bonds is 2. The minimum absolute atomic E-state index is 0.543. The van der Waals surface area contributed by atoms with Gasteiger partial charge in [-0.25, -0.2) is 0 Å². The van der Waals surface area contributed by atoms with E-state index < -0.39 is 5.60 Å². The van der Waals surface area contributed by atoms with E-state index in [4.69, 9.17) is 21.1 Å². The molecule has 20 heavy (non-hydrogen) atoms. The van der Waals surface area contributed by atoms with E-state index in [0.29, 0.717) is 30.5 Å². The molecule has 0 saturated carbocycles. The molecule has 1 aromatic carbocycles. The number of benzene rings is 1. The first kappa shape index (κ1) is 14.0. The van der Waals surface area contributed by atoms with Crippen LogP contribution in [0.1, 0.15) is 25.3 Å². The molecular formula is C15H20ClNO3. The zero-order chi connectivity index (χ0) is 14.2. The van der Waals surface area contributed by atoms with E-state index in [1.54, 1.807) is 0 Å². The first-order valence-electron chi connectivity index (χ1n) is 7.06. The minimum Gasteiger partial charge on any atom is -0.486 e. The molecule has 0 radical (unpaired) electrons. The second-order valence-electron chi connectivity index (χ2n) is 5.91. The lowest BCUT2D eigenvalue weighted by Crippen LogP contribution is -2.45. The summed E-state index contributed by atoms with van der Waals surface area (Å²) < 4.78 is 11.1. The van der Waals surface area contributed by atoms with Crippen molar-refractivity contribution in [1.82, 2.24) is 4.90 Å². The standard InChI is InChI=1S/C15H20ClNO3/c1-15(18)3-2-4-17(10-15)9-11-7-12(16)14-13(8-11)19-5-6-20-14/h7-8,18H,2-6,9-10H2,1H3. The van der Waals surface area contributed by atoms with Crippen LogP contribution in [0.3, 0.4) is 0 Å². The van der Waals surface area contributed by atoms with Gasteiger partial charge >= 0.3 is 0 Å². The highest BCUT2D eigenvalue weighted by Crippen LogP contribution is 2.38. The number of hydrogen-bond acceptors (Lipinski definition) is 4. The summed E-state index contributed by atoms with van der Waals surface area (Å²) in [6.45, 7) is 5.47. The van der Waals surface area contributed by atoms with Crippen LogP contribution < -0.4 is 9.47 Å². The number of halogens is 1. The number of ether oxygens (including phenoxy) is 2. The van der Waals surface area contributed by atoms with Gasteiger partial charge < -0.3 is 14.6 Å². The summed E-state index contributed by atoms with van der Waals surface area (Å²) in [5, 5.41) is 10.8. The average molecular weight is 298 g/mol. The highest BCUT2D eigenvalue weighted by Gasteiger charge is 2.28. The number of fused-ring (bicyclic) bond motifs is 1. The van der Waals surface area contributed by atoms with Crippen molar-refractivity contribution in [3.8, 4) is 11.5 Å². The normalized spacial score (nSPS) is 26.6. The molecule has 110 valence electrons. The van der Waals surface area contributed by atoms with Gasteiger partial charge in [0.2, 0.25) is 0 Å². The van der Waals surface area contributed by atoms with Crippen LogP contribution in [0.15, 0.2) is 12.1 Å². The lowest BCUT2D eigenvalue weighted by Gasteiger charge is -2.37. The summed E-state index contributed by atoms with van der Waals surface area (Å²) in [5.74, 6) is 1.37. The van der Waals surface area contributed by atoms with Gasteiger partial charge in [-0.1, -0.05) is 11.6 Å². The van der Waals surface area contributed by atoms with Crippen molar-refractivity contribution in [1.29, 1.82) is 0 Å². The smallest absolute Gasteiger partial charge is 0.179 e. The molecule has 2 aliphatic rings. The lowest BCUT2D eigenvalue weighted by molar-refractivity contribution is -0.0181. The van der Waals surface area contributed by atoms with Crippen molar-refractivity contribution >= 4 is 11.6 Å². The number of β-amino-alcohol motifs (C(OH)–C–C–N with tert-alkyl or cyclic N) is 1. The van der Waals surface area contributed by atoms with Crippen LogP contribution in [-0.4, -0.2) is 41.9 Å². The Kier molecular flexibility index (Phi) is 3.80. The Morgan fingerprint density at radius 1 is 1.35 bits per heavy atom. The summed E-state index contributed by atoms with van der Waals surface area (Å²) >= 11 is 6.25. The molecular weight excluding hydrogens is 278 g/mol. The summed E-state index contributed by atoms with van der Waals surface area (Å²) in [5.41, 5.74) is 0.507. The molecule has 0 bridgehead atoms. The number of piperidine rings is 1. The van der Waals surface area contributed by atoms with Crippen LogP contribution in [-0.2, 0) is 6.54 Å². The molecule has 1 fully saturated rings. The largest absolute Gasteiger partial charge is 0.486 e. The Labute approximate surface area is 124 Å². The molecule has 5 heteroatoms. The molecule has 2 aliphatic heterocycles. The summed E-state index contributed by atoms with van der Waals surface area (Å²) in [4.78, 5) is 2.26. The molecule has 4 nitrogen and oxygen atoms in total. The van der Waals surface area contributed by atoms with Crippen LogP contribution in [0.25, 0.3) is 0 Å². The number of hydrogen-bond donors (Lipinski definition) is 1. The van der Waals surface area contributed by atoms with Gasteiger partial charge in [0.1, 0.15) is 13.2 Å². The fourth-order valence-corrected chi connectivity index (χ4v) is 3.26. The van der Waals surface area contributed by atoms with Crippen molar-refractivity contribution in [3.63, 3.8) is 0 Å². The molecule has 1 aromatic rings. The number of likely N-dealkylation sites (tertiary alicyclic amines) is 1. The summed E-state index contributed by atoms with van der Waals surface area (Å²) in [7, 11) is 0. The van der Waals surface area contributed by atoms with Gasteiger partial charge in [0, 0.05) is 13.1 Å². The Morgan fingerprint density at radius 3 is 2.95 bits per heavy atom. The maximum atomic E-state index is 10.2. The Hall–Kier alpha value is -0.970. The van der Waals surface area contributed by atoms with Crippen molar-refractivity contribution < 1.29 is 14.6 Å². The maximum absolute atomic E-state index is 10.2. The lowest BCUT2D eigenvalue weighted by atomic mass is 9.95. The summed E-state index contributed by atoms with van der Waals surface area (Å²) in [6, 6.07) is 3.92. The SMILES string of the molecule is CC1(O)CCCN(Cc2cc(Cl)c3c(c2)OCCO3)C1. The van der Waals surface area contributed by atoms with Crippen LogP contribution in [0.5, 0.6) is 11.5 Å². The zero-order valence-corrected chi connectivity index (χ0v) is 12.4. The highest BCUT2D eigenvalue weighted by atomic mass is 35.5. The van der Waals surface area contributed by atoms with Gasteiger partial charge in [-0.15, -0.1) is 0 Å². The van der Waals surface area contributed by atoms with Crippen LogP contribution in [0.4, 0.5) is 0 Å². The molecule has 3 rings (SSSR count). The van der Waals surface area contributed by atoms with Crippen LogP contribution in [0, 0.1) is 0 Å². The predicted octanol–water partition coefficient (Wildman–Crippen LogP) is 2.46. The average Bonchev–Trinajstić information content (AvgIpc) is 2.37. The fraction of sp³-hybridized carbons (Fsp3) is 0.600. The third-order valence-corrected chi connectivity index (χ3v) is 4.10. The Balaban J connectivity index is 1.76. The first-order valence-corrected chi connectivity index (χ1v) is 7.44. The second-order valence-corrected chi connectivity index (χ2v) is 6.32. The van der Waals surface area contributed by atoms with Crippen molar-refractivity contribution in [2.75, 3.05) is 26.3 Å². The van der Waals surface area contributed by atoms with E-state index in [1.165, 1.54) is 0 Å². The van der Waals surface area contributed by atoms with Crippen molar-refractivity contribution in [3.05, 3.63) is 22.7 Å². The molecule has 1 N–H and O–H groups in total. The maximum Gasteiger partial charge on any atom is 0.179 e. The van der Waals surface area contributed by atoms with Gasteiger partial charge in [0.25, 0.3) is 0 Å². The Morgan fingerprint density at radius 2 is 2.15 bits per heavy atom. The number of aliphatic hydroxyl groups is 1. The van der Waals surface area contributed by atoms with Crippen LogP contribution in [0.2, 0.25) is 5.02 Å². The van der Waals surface area contributed by atoms with E-state index in [-0.39, 0.29) is 0 Å². The monoisotopic (exact) mass is 297 g/mol. The van der Waals surface area contributed by atoms with E-state index >= 15 is 0 Å². The molecule has 1 atom stereocenters. The van der Waals surface area contributed by atoms with Crippen molar-refractivity contribution in [2.24, 2.45) is 0 Å². The Bertz CT molecular complexity index is 504. The van der Waals surface area contributed by atoms with Crippen LogP contribution >= 0.6 is 11.6 Å². The number of nitrogens with zero attached hydrogens (tertiary/aromatic N) is 1. The molecule has 1 unspecified atom stereocenters. The molecule has 0 aliphatic carbocycles. The zero-order valence-electron chi connectivity index (χ0n) is 11.7. The highest BCUT2D eigenvalue weighted by molar-refractivity contribution is 6.32. The van der Waals surface area contributed by atoms with Gasteiger partial charge in [0.05, 0.1) is 10.6 Å². The third-order valence-electron chi connectivity index (χ3n) is 3.82. The van der Waals surface area contributed by atoms with Gasteiger partial charge in [0.15, 0.2) is 11.5 Å². The topological polar surface area (TPSA) is 41.9 Å². The van der Waals surface area contributed by atoms with Gasteiger partial charge in [-0.2, -0.15) is 0 Å². The third kappa shape index (κ3) is 3.03. The quantitative estimate of drug-likeness (QED) is 0.910. The molecule has 2 heterocycles. The fourth-order valence-electron chi connectivity index (χ4n) is 2.97. The second kappa shape index (κ2) is 5.43. The van der Waals surface area contributed by atoms with E-state index in [2.05, 4.69) is 4.90 Å². The van der Waals surface area contributed by atoms with E-state index in [0.717, 1.165) is 37.2 Å². The van der Waals surface area contributed by atoms with E-state index in [9.17, 15) is 5.11 Å². The summed E-state index contributed by atoms with van der Waals surface area (Å²) in [6.07, 6.45) is 1.89. The molecule has 0 spiro atoms. The minimum atomic E-state index is -0.587. The van der Waals surface area contributed by atoms with Gasteiger partial charge in [-0.05, 0) is 44.0 Å². The van der Waals surface area contributed by atoms with Gasteiger partial charge in [-0.3, -0.25) is 4.90 Å². The molecule has 0 aromatic heterocycles. The predicted molar refractivity (Wildman–Crippen MR) is 77.6 cm³/mol. The van der Waals surface area contributed by atoms with E-state index in [1.807, 2.05) is 19.1 Å². The molecule has 1 saturated heterocycles. The molecule has 0 amide bonds. The van der Waals surface area contributed by atoms with Crippen molar-refractivity contribution in [2.45, 2.75) is 31.9 Å².